The van der Waals surface area contributed by atoms with E-state index in [4.69, 9.17) is 4.98 Å². The Morgan fingerprint density at radius 1 is 1.08 bits per heavy atom. The Morgan fingerprint density at radius 2 is 1.82 bits per heavy atom. The monoisotopic (exact) mass is 542 g/mol. The molecule has 0 amide bonds. The third kappa shape index (κ3) is 5.85. The van der Waals surface area contributed by atoms with Crippen molar-refractivity contribution in [2.45, 2.75) is 36.6 Å². The normalized spacial score (nSPS) is 13.4. The minimum absolute atomic E-state index is 0.175. The van der Waals surface area contributed by atoms with Gasteiger partial charge in [0.15, 0.2) is 0 Å². The number of alkyl halides is 3. The molecule has 3 aromatic carbocycles. The Kier molecular flexibility index (Phi) is 7.16. The summed E-state index contributed by atoms with van der Waals surface area (Å²) >= 11 is 1.23. The van der Waals surface area contributed by atoms with Crippen LogP contribution < -0.4 is 9.04 Å². The molecule has 0 radical (unpaired) electrons. The van der Waals surface area contributed by atoms with Gasteiger partial charge < -0.3 is 9.47 Å². The fourth-order valence-electron chi connectivity index (χ4n) is 4.22. The number of ether oxygens (including phenoxy) is 2. The van der Waals surface area contributed by atoms with Crippen LogP contribution in [0.5, 0.6) is 5.75 Å². The van der Waals surface area contributed by atoms with E-state index in [1.54, 1.807) is 24.4 Å². The first-order chi connectivity index (χ1) is 18.2. The molecule has 5 nitrogen and oxygen atoms in total. The van der Waals surface area contributed by atoms with Crippen molar-refractivity contribution in [3.8, 4) is 5.75 Å². The van der Waals surface area contributed by atoms with Gasteiger partial charge in [-0.05, 0) is 72.0 Å². The topological polar surface area (TPSA) is 51.7 Å². The number of carbonyl (C=O) groups is 1. The molecular weight excluding hydrogens is 520 g/mol. The summed E-state index contributed by atoms with van der Waals surface area (Å²) in [6.45, 7) is 0.266. The number of fused-ring (bicyclic) bond motifs is 1. The van der Waals surface area contributed by atoms with E-state index < -0.39 is 18.1 Å². The van der Waals surface area contributed by atoms with E-state index in [-0.39, 0.29) is 17.9 Å². The molecule has 0 atom stereocenters. The third-order valence-corrected chi connectivity index (χ3v) is 7.07. The Hall–Kier alpha value is -3.79. The Labute approximate surface area is 220 Å². The zero-order valence-corrected chi connectivity index (χ0v) is 21.0. The van der Waals surface area contributed by atoms with Gasteiger partial charge in [0.2, 0.25) is 0 Å². The molecule has 0 N–H and O–H groups in total. The van der Waals surface area contributed by atoms with Crippen LogP contribution in [0.2, 0.25) is 0 Å². The van der Waals surface area contributed by atoms with Gasteiger partial charge in [0.25, 0.3) is 0 Å². The highest BCUT2D eigenvalue weighted by Crippen LogP contribution is 2.48. The van der Waals surface area contributed by atoms with Crippen molar-refractivity contribution in [2.24, 2.45) is 0 Å². The van der Waals surface area contributed by atoms with Crippen molar-refractivity contribution in [3.63, 3.8) is 0 Å². The van der Waals surface area contributed by atoms with E-state index in [0.29, 0.717) is 22.2 Å². The number of esters is 1. The number of halogens is 4. The summed E-state index contributed by atoms with van der Waals surface area (Å²) in [5.74, 6) is -0.783. The first-order valence-electron chi connectivity index (χ1n) is 11.8. The number of hydrogen-bond donors (Lipinski definition) is 0. The van der Waals surface area contributed by atoms with Crippen molar-refractivity contribution < 1.29 is 31.8 Å². The first kappa shape index (κ1) is 25.8. The molecule has 0 aliphatic heterocycles. The highest BCUT2D eigenvalue weighted by Gasteiger charge is 2.32. The van der Waals surface area contributed by atoms with Crippen LogP contribution in [-0.2, 0) is 11.3 Å². The van der Waals surface area contributed by atoms with Gasteiger partial charge in [0, 0.05) is 22.0 Å². The van der Waals surface area contributed by atoms with Crippen LogP contribution in [0, 0.1) is 5.82 Å². The molecule has 1 fully saturated rings. The lowest BCUT2D eigenvalue weighted by Crippen LogP contribution is -2.18. The summed E-state index contributed by atoms with van der Waals surface area (Å²) in [5, 5.41) is 2.08. The molecule has 10 heteroatoms. The van der Waals surface area contributed by atoms with Crippen molar-refractivity contribution >= 4 is 34.5 Å². The SMILES string of the molecule is COC(=O)c1ccc(SN(Cc2ccc(OC(F)(F)F)cc2)c2ncc3ccccc3c2C2CC2)cc1F. The maximum atomic E-state index is 14.7. The molecule has 1 saturated carbocycles. The second-order valence-corrected chi connectivity index (χ2v) is 9.90. The number of benzene rings is 3. The van der Waals surface area contributed by atoms with Crippen molar-refractivity contribution in [1.29, 1.82) is 0 Å². The summed E-state index contributed by atoms with van der Waals surface area (Å²) in [6, 6.07) is 17.8. The maximum Gasteiger partial charge on any atom is 0.573 e. The summed E-state index contributed by atoms with van der Waals surface area (Å²) in [4.78, 5) is 17.1. The van der Waals surface area contributed by atoms with Gasteiger partial charge in [-0.2, -0.15) is 0 Å². The van der Waals surface area contributed by atoms with E-state index in [1.807, 2.05) is 28.6 Å². The number of rotatable bonds is 8. The summed E-state index contributed by atoms with van der Waals surface area (Å²) < 4.78 is 63.0. The molecule has 4 aromatic rings. The van der Waals surface area contributed by atoms with Crippen LogP contribution in [-0.4, -0.2) is 24.4 Å². The number of pyridine rings is 1. The number of methoxy groups -OCH3 is 1. The van der Waals surface area contributed by atoms with Crippen LogP contribution in [0.25, 0.3) is 10.8 Å². The second kappa shape index (κ2) is 10.5. The van der Waals surface area contributed by atoms with E-state index in [0.717, 1.165) is 29.2 Å². The van der Waals surface area contributed by atoms with Crippen LogP contribution in [0.1, 0.15) is 40.2 Å². The van der Waals surface area contributed by atoms with Gasteiger partial charge in [-0.25, -0.2) is 14.2 Å². The van der Waals surface area contributed by atoms with Gasteiger partial charge in [-0.1, -0.05) is 36.4 Å². The molecule has 0 unspecified atom stereocenters. The van der Waals surface area contributed by atoms with E-state index in [9.17, 15) is 22.4 Å². The van der Waals surface area contributed by atoms with Crippen molar-refractivity contribution in [3.05, 3.63) is 95.4 Å². The molecule has 1 aliphatic rings. The molecular formula is C28H22F4N2O3S. The first-order valence-corrected chi connectivity index (χ1v) is 12.5. The Balaban J connectivity index is 1.52. The fourth-order valence-corrected chi connectivity index (χ4v) is 5.20. The predicted molar refractivity (Wildman–Crippen MR) is 137 cm³/mol. The quantitative estimate of drug-likeness (QED) is 0.130. The van der Waals surface area contributed by atoms with Gasteiger partial charge in [-0.15, -0.1) is 13.2 Å². The largest absolute Gasteiger partial charge is 0.573 e. The van der Waals surface area contributed by atoms with Crippen LogP contribution in [0.15, 0.2) is 77.8 Å². The smallest absolute Gasteiger partial charge is 0.465 e. The zero-order valence-electron chi connectivity index (χ0n) is 20.2. The third-order valence-electron chi connectivity index (χ3n) is 6.08. The summed E-state index contributed by atoms with van der Waals surface area (Å²) in [6.07, 6.45) is -0.955. The standard InChI is InChI=1S/C28H22F4N2O3S/c1-36-27(35)23-13-12-21(14-24(23)29)38-34(16-17-6-10-20(11-7-17)37-28(30,31)32)26-25(18-8-9-18)22-5-3-2-4-19(22)15-33-26/h2-7,10-15,18H,8-9,16H2,1H3. The highest BCUT2D eigenvalue weighted by molar-refractivity contribution is 8.00. The molecule has 0 saturated heterocycles. The second-order valence-electron chi connectivity index (χ2n) is 8.81. The maximum absolute atomic E-state index is 14.7. The van der Waals surface area contributed by atoms with Crippen molar-refractivity contribution in [2.75, 3.05) is 11.4 Å². The Bertz CT molecular complexity index is 1470. The van der Waals surface area contributed by atoms with Gasteiger partial charge in [0.05, 0.1) is 19.2 Å². The number of aromatic nitrogens is 1. The summed E-state index contributed by atoms with van der Waals surface area (Å²) in [7, 11) is 1.18. The van der Waals surface area contributed by atoms with Crippen LogP contribution >= 0.6 is 11.9 Å². The average molecular weight is 543 g/mol. The van der Waals surface area contributed by atoms with E-state index in [1.165, 1.54) is 43.3 Å². The van der Waals surface area contributed by atoms with Crippen molar-refractivity contribution in [1.82, 2.24) is 4.98 Å². The minimum atomic E-state index is -4.78. The van der Waals surface area contributed by atoms with E-state index in [2.05, 4.69) is 9.47 Å². The minimum Gasteiger partial charge on any atom is -0.465 e. The average Bonchev–Trinajstić information content (AvgIpc) is 3.73. The summed E-state index contributed by atoms with van der Waals surface area (Å²) in [5.41, 5.74) is 1.61. The lowest BCUT2D eigenvalue weighted by molar-refractivity contribution is -0.274. The van der Waals surface area contributed by atoms with E-state index >= 15 is 0 Å². The molecule has 196 valence electrons. The number of nitrogens with zero attached hydrogens (tertiary/aromatic N) is 2. The van der Waals surface area contributed by atoms with Gasteiger partial charge in [-0.3, -0.25) is 4.31 Å². The molecule has 0 spiro atoms. The Morgan fingerprint density at radius 3 is 2.47 bits per heavy atom. The molecule has 1 heterocycles. The lowest BCUT2D eigenvalue weighted by atomic mass is 10.0. The molecule has 5 rings (SSSR count). The number of hydrogen-bond acceptors (Lipinski definition) is 6. The van der Waals surface area contributed by atoms with Gasteiger partial charge in [0.1, 0.15) is 17.4 Å². The van der Waals surface area contributed by atoms with Gasteiger partial charge >= 0.3 is 12.3 Å². The molecule has 1 aliphatic carbocycles. The lowest BCUT2D eigenvalue weighted by Gasteiger charge is -2.26. The number of carbonyl (C=O) groups excluding carboxylic acids is 1. The molecule has 38 heavy (non-hydrogen) atoms. The zero-order chi connectivity index (χ0) is 26.9. The molecule has 1 aromatic heterocycles. The van der Waals surface area contributed by atoms with Crippen LogP contribution in [0.3, 0.4) is 0 Å². The van der Waals surface area contributed by atoms with Crippen LogP contribution in [0.4, 0.5) is 23.4 Å². The fraction of sp³-hybridized carbons (Fsp3) is 0.214. The highest BCUT2D eigenvalue weighted by atomic mass is 32.2. The molecule has 0 bridgehead atoms. The number of anilines is 1. The predicted octanol–water partition coefficient (Wildman–Crippen LogP) is 7.65.